The topological polar surface area (TPSA) is 167 Å². The fourth-order valence-electron chi connectivity index (χ4n) is 5.99. The Balaban J connectivity index is 1.65. The van der Waals surface area contributed by atoms with Gasteiger partial charge in [0.1, 0.15) is 28.6 Å². The molecule has 2 aromatic carbocycles. The van der Waals surface area contributed by atoms with Gasteiger partial charge >= 0.3 is 0 Å². The van der Waals surface area contributed by atoms with Gasteiger partial charge in [0, 0.05) is 23.5 Å². The van der Waals surface area contributed by atoms with Crippen molar-refractivity contribution >= 4 is 23.2 Å². The molecule has 0 aromatic heterocycles. The maximum Gasteiger partial charge on any atom is 0.255 e. The van der Waals surface area contributed by atoms with E-state index in [1.54, 1.807) is 37.4 Å². The van der Waals surface area contributed by atoms with Crippen molar-refractivity contribution in [2.45, 2.75) is 38.2 Å². The van der Waals surface area contributed by atoms with E-state index in [2.05, 4.69) is 11.8 Å². The number of fused-ring (bicyclic) bond motifs is 3. The number of rotatable bonds is 3. The molecule has 0 spiro atoms. The van der Waals surface area contributed by atoms with Crippen molar-refractivity contribution in [2.24, 2.45) is 17.6 Å². The summed E-state index contributed by atoms with van der Waals surface area (Å²) in [5, 5.41) is 44.7. The number of aliphatic hydroxyl groups excluding tert-OH is 2. The molecule has 200 valence electrons. The van der Waals surface area contributed by atoms with Crippen molar-refractivity contribution in [3.8, 4) is 23.3 Å². The third kappa shape index (κ3) is 3.87. The summed E-state index contributed by atoms with van der Waals surface area (Å²) in [5.41, 5.74) is 4.07. The number of aliphatic hydroxyl groups is 3. The molecule has 0 heterocycles. The largest absolute Gasteiger partial charge is 0.508 e. The highest BCUT2D eigenvalue weighted by Gasteiger charge is 2.60. The highest BCUT2D eigenvalue weighted by molar-refractivity contribution is 6.22. The number of carbonyl (C=O) groups is 3. The maximum absolute atomic E-state index is 13.7. The number of benzene rings is 2. The number of carbonyl (C=O) groups excluding carboxylic acids is 3. The lowest BCUT2D eigenvalue weighted by atomic mass is 9.59. The van der Waals surface area contributed by atoms with Crippen LogP contribution in [0.1, 0.15) is 47.6 Å². The van der Waals surface area contributed by atoms with E-state index in [9.17, 15) is 34.8 Å². The summed E-state index contributed by atoms with van der Waals surface area (Å²) in [7, 11) is 1.56. The molecule has 3 atom stereocenters. The predicted molar refractivity (Wildman–Crippen MR) is 140 cm³/mol. The van der Waals surface area contributed by atoms with E-state index in [1.807, 2.05) is 6.92 Å². The zero-order valence-corrected chi connectivity index (χ0v) is 21.4. The number of ketones is 2. The van der Waals surface area contributed by atoms with E-state index < -0.39 is 52.0 Å². The van der Waals surface area contributed by atoms with Gasteiger partial charge in [0.25, 0.3) is 5.91 Å². The zero-order valence-electron chi connectivity index (χ0n) is 21.4. The van der Waals surface area contributed by atoms with Gasteiger partial charge in [0.2, 0.25) is 5.78 Å². The maximum atomic E-state index is 13.7. The SMILES string of the molecule is CCc1cc(C#Cc2ccc(OC)cc2)c(O)c2c1CC1CC3CC(=O)C(C(N)=O)=C(O)C3(O)C(=O)C1=C2O. The number of ether oxygens (including phenoxy) is 1. The van der Waals surface area contributed by atoms with Crippen molar-refractivity contribution in [3.63, 3.8) is 0 Å². The van der Waals surface area contributed by atoms with Gasteiger partial charge in [-0.25, -0.2) is 0 Å². The van der Waals surface area contributed by atoms with Crippen molar-refractivity contribution in [1.82, 2.24) is 0 Å². The number of nitrogens with two attached hydrogens (primary N) is 1. The molecule has 0 bridgehead atoms. The van der Waals surface area contributed by atoms with Crippen molar-refractivity contribution in [2.75, 3.05) is 7.11 Å². The summed E-state index contributed by atoms with van der Waals surface area (Å²) >= 11 is 0. The zero-order chi connectivity index (χ0) is 28.2. The summed E-state index contributed by atoms with van der Waals surface area (Å²) in [6, 6.07) is 8.78. The van der Waals surface area contributed by atoms with E-state index in [4.69, 9.17) is 10.5 Å². The fourth-order valence-corrected chi connectivity index (χ4v) is 5.99. The van der Waals surface area contributed by atoms with Crippen LogP contribution in [0.3, 0.4) is 0 Å². The van der Waals surface area contributed by atoms with E-state index in [1.165, 1.54) is 0 Å². The van der Waals surface area contributed by atoms with Crippen LogP contribution < -0.4 is 10.5 Å². The molecule has 3 aliphatic rings. The van der Waals surface area contributed by atoms with Crippen LogP contribution in [0.25, 0.3) is 5.76 Å². The highest BCUT2D eigenvalue weighted by atomic mass is 16.5. The molecule has 1 amide bonds. The Kier molecular flexibility index (Phi) is 6.24. The normalized spacial score (nSPS) is 23.9. The van der Waals surface area contributed by atoms with E-state index in [0.717, 1.165) is 5.56 Å². The summed E-state index contributed by atoms with van der Waals surface area (Å²) in [5.74, 6) is 0.0391. The van der Waals surface area contributed by atoms with Crippen LogP contribution in [-0.4, -0.2) is 50.6 Å². The van der Waals surface area contributed by atoms with Crippen LogP contribution >= 0.6 is 0 Å². The smallest absolute Gasteiger partial charge is 0.255 e. The van der Waals surface area contributed by atoms with Crippen molar-refractivity contribution < 1.29 is 39.5 Å². The summed E-state index contributed by atoms with van der Waals surface area (Å²) in [6.07, 6.45) is 0.553. The number of amides is 1. The fraction of sp³-hybridized carbons (Fsp3) is 0.300. The summed E-state index contributed by atoms with van der Waals surface area (Å²) in [4.78, 5) is 38.0. The minimum Gasteiger partial charge on any atom is -0.508 e. The average Bonchev–Trinajstić information content (AvgIpc) is 2.90. The molecule has 0 saturated heterocycles. The second-order valence-electron chi connectivity index (χ2n) is 10.0. The van der Waals surface area contributed by atoms with Crippen LogP contribution in [0.4, 0.5) is 0 Å². The Labute approximate surface area is 224 Å². The molecule has 6 N–H and O–H groups in total. The number of Topliss-reactive ketones (excluding diaryl/α,β-unsaturated/α-hetero) is 2. The van der Waals surface area contributed by atoms with Gasteiger partial charge in [-0.1, -0.05) is 18.8 Å². The minimum absolute atomic E-state index is 0.0421. The first kappa shape index (κ1) is 26.1. The first-order chi connectivity index (χ1) is 18.5. The first-order valence-electron chi connectivity index (χ1n) is 12.5. The predicted octanol–water partition coefficient (Wildman–Crippen LogP) is 2.39. The lowest BCUT2D eigenvalue weighted by Crippen LogP contribution is -2.58. The Morgan fingerprint density at radius 1 is 1.13 bits per heavy atom. The number of phenols is 1. The van der Waals surface area contributed by atoms with Crippen molar-refractivity contribution in [1.29, 1.82) is 0 Å². The molecule has 9 heteroatoms. The Morgan fingerprint density at radius 3 is 2.44 bits per heavy atom. The summed E-state index contributed by atoms with van der Waals surface area (Å²) in [6.45, 7) is 1.92. The number of aryl methyl sites for hydroxylation is 1. The van der Waals surface area contributed by atoms with Crippen LogP contribution in [0.5, 0.6) is 11.5 Å². The van der Waals surface area contributed by atoms with Crippen LogP contribution in [0.15, 0.2) is 47.2 Å². The standard InChI is InChI=1S/C30H27NO8/c1-3-15-10-16(7-4-14-5-8-19(39-2)9-6-14)25(33)23-20(15)12-17-11-18-13-21(32)24(29(31)37)28(36)30(18,38)27(35)22(17)26(23)34/h5-6,8-10,17-18,33-34,36,38H,3,11-13H2,1-2H3,(H2,31,37). The third-order valence-corrected chi connectivity index (χ3v) is 7.97. The van der Waals surface area contributed by atoms with Gasteiger partial charge in [-0.15, -0.1) is 0 Å². The lowest BCUT2D eigenvalue weighted by Gasteiger charge is -2.46. The molecule has 39 heavy (non-hydrogen) atoms. The molecule has 2 aromatic rings. The molecule has 1 saturated carbocycles. The number of primary amides is 1. The van der Waals surface area contributed by atoms with Crippen LogP contribution in [0, 0.1) is 23.7 Å². The lowest BCUT2D eigenvalue weighted by molar-refractivity contribution is -0.147. The summed E-state index contributed by atoms with van der Waals surface area (Å²) < 4.78 is 5.15. The molecule has 9 nitrogen and oxygen atoms in total. The van der Waals surface area contributed by atoms with Gasteiger partial charge in [-0.2, -0.15) is 0 Å². The van der Waals surface area contributed by atoms with Crippen LogP contribution in [0.2, 0.25) is 0 Å². The number of methoxy groups -OCH3 is 1. The molecule has 5 rings (SSSR count). The monoisotopic (exact) mass is 529 g/mol. The molecule has 1 fully saturated rings. The van der Waals surface area contributed by atoms with Crippen LogP contribution in [-0.2, 0) is 27.2 Å². The highest BCUT2D eigenvalue weighted by Crippen LogP contribution is 2.52. The van der Waals surface area contributed by atoms with E-state index in [0.29, 0.717) is 23.3 Å². The third-order valence-electron chi connectivity index (χ3n) is 7.97. The average molecular weight is 530 g/mol. The number of phenolic OH excluding ortho intramolecular Hbond substituents is 1. The van der Waals surface area contributed by atoms with Crippen molar-refractivity contribution in [3.05, 3.63) is 75.1 Å². The minimum atomic E-state index is -2.59. The van der Waals surface area contributed by atoms with E-state index >= 15 is 0 Å². The Hall–Kier alpha value is -4.55. The number of aromatic hydroxyl groups is 1. The Morgan fingerprint density at radius 2 is 1.82 bits per heavy atom. The molecule has 3 unspecified atom stereocenters. The molecular weight excluding hydrogens is 502 g/mol. The number of hydrogen-bond acceptors (Lipinski definition) is 8. The molecule has 3 aliphatic carbocycles. The second kappa shape index (κ2) is 9.33. The quantitative estimate of drug-likeness (QED) is 0.298. The number of hydrogen-bond donors (Lipinski definition) is 5. The van der Waals surface area contributed by atoms with Gasteiger partial charge in [0.15, 0.2) is 11.4 Å². The first-order valence-corrected chi connectivity index (χ1v) is 12.5. The second-order valence-corrected chi connectivity index (χ2v) is 10.0. The van der Waals surface area contributed by atoms with Gasteiger partial charge in [0.05, 0.1) is 18.2 Å². The molecule has 0 aliphatic heterocycles. The Bertz CT molecular complexity index is 1570. The van der Waals surface area contributed by atoms with Gasteiger partial charge in [-0.3, -0.25) is 14.4 Å². The van der Waals surface area contributed by atoms with Gasteiger partial charge < -0.3 is 30.9 Å². The molecule has 0 radical (unpaired) electrons. The molecular formula is C30H27NO8. The van der Waals surface area contributed by atoms with Gasteiger partial charge in [-0.05, 0) is 66.6 Å². The van der Waals surface area contributed by atoms with E-state index in [-0.39, 0.29) is 41.7 Å².